The minimum atomic E-state index is 0.673. The van der Waals surface area contributed by atoms with Crippen molar-refractivity contribution in [3.05, 3.63) is 47.4 Å². The minimum Gasteiger partial charge on any atom is -0.398 e. The van der Waals surface area contributed by atoms with E-state index in [1.54, 1.807) is 0 Å². The molecule has 0 radical (unpaired) electrons. The number of aryl methyl sites for hydroxylation is 2. The van der Waals surface area contributed by atoms with Gasteiger partial charge in [0, 0.05) is 24.0 Å². The van der Waals surface area contributed by atoms with E-state index in [9.17, 15) is 0 Å². The van der Waals surface area contributed by atoms with Crippen molar-refractivity contribution in [1.82, 2.24) is 9.97 Å². The van der Waals surface area contributed by atoms with Gasteiger partial charge < -0.3 is 11.1 Å². The van der Waals surface area contributed by atoms with Crippen molar-refractivity contribution in [2.75, 3.05) is 11.1 Å². The lowest BCUT2D eigenvalue weighted by Crippen LogP contribution is -2.06. The molecule has 0 aliphatic rings. The normalized spacial score (nSPS) is 10.3. The van der Waals surface area contributed by atoms with Gasteiger partial charge in [-0.3, -0.25) is 0 Å². The summed E-state index contributed by atoms with van der Waals surface area (Å²) in [5.74, 6) is 1.64. The Bertz CT molecular complexity index is 537. The van der Waals surface area contributed by atoms with Gasteiger partial charge in [0.25, 0.3) is 0 Å². The van der Waals surface area contributed by atoms with Gasteiger partial charge in [-0.1, -0.05) is 25.1 Å². The van der Waals surface area contributed by atoms with E-state index in [2.05, 4.69) is 22.2 Å². The van der Waals surface area contributed by atoms with Crippen molar-refractivity contribution in [3.63, 3.8) is 0 Å². The van der Waals surface area contributed by atoms with Crippen LogP contribution >= 0.6 is 0 Å². The number of rotatable bonds is 4. The Morgan fingerprint density at radius 2 is 2.00 bits per heavy atom. The monoisotopic (exact) mass is 242 g/mol. The van der Waals surface area contributed by atoms with Crippen LogP contribution in [-0.4, -0.2) is 9.97 Å². The molecule has 1 heterocycles. The van der Waals surface area contributed by atoms with Gasteiger partial charge in [0.2, 0.25) is 0 Å². The van der Waals surface area contributed by atoms with Crippen LogP contribution in [0.25, 0.3) is 0 Å². The molecule has 0 amide bonds. The summed E-state index contributed by atoms with van der Waals surface area (Å²) in [6.07, 6.45) is 0.908. The van der Waals surface area contributed by atoms with Crippen molar-refractivity contribution in [3.8, 4) is 0 Å². The average Bonchev–Trinajstić information content (AvgIpc) is 2.37. The number of nitrogens with zero attached hydrogens (tertiary/aromatic N) is 2. The Balaban J connectivity index is 2.11. The number of nitrogens with two attached hydrogens (primary N) is 1. The summed E-state index contributed by atoms with van der Waals surface area (Å²) in [6, 6.07) is 9.81. The molecule has 4 nitrogen and oxygen atoms in total. The molecule has 0 atom stereocenters. The highest BCUT2D eigenvalue weighted by Crippen LogP contribution is 2.13. The minimum absolute atomic E-state index is 0.673. The number of nitrogen functional groups attached to an aromatic ring is 1. The zero-order chi connectivity index (χ0) is 13.0. The van der Waals surface area contributed by atoms with Gasteiger partial charge in [-0.2, -0.15) is 0 Å². The first-order valence-electron chi connectivity index (χ1n) is 6.11. The maximum Gasteiger partial charge on any atom is 0.130 e. The molecule has 1 aromatic heterocycles. The Morgan fingerprint density at radius 3 is 2.72 bits per heavy atom. The lowest BCUT2D eigenvalue weighted by atomic mass is 10.2. The summed E-state index contributed by atoms with van der Waals surface area (Å²) in [6.45, 7) is 4.66. The Morgan fingerprint density at radius 1 is 1.22 bits per heavy atom. The third kappa shape index (κ3) is 2.97. The molecule has 3 N–H and O–H groups in total. The molecule has 0 aliphatic heterocycles. The van der Waals surface area contributed by atoms with Crippen molar-refractivity contribution >= 4 is 11.5 Å². The second kappa shape index (κ2) is 5.49. The van der Waals surface area contributed by atoms with Crippen molar-refractivity contribution in [2.45, 2.75) is 26.8 Å². The molecular weight excluding hydrogens is 224 g/mol. The van der Waals surface area contributed by atoms with E-state index < -0.39 is 0 Å². The molecule has 0 fully saturated rings. The first-order valence-corrected chi connectivity index (χ1v) is 6.11. The first kappa shape index (κ1) is 12.4. The van der Waals surface area contributed by atoms with E-state index in [0.717, 1.165) is 35.0 Å². The number of anilines is 2. The molecule has 0 saturated carbocycles. The van der Waals surface area contributed by atoms with E-state index in [0.29, 0.717) is 6.54 Å². The van der Waals surface area contributed by atoms with E-state index in [1.807, 2.05) is 37.3 Å². The Hall–Kier alpha value is -2.10. The third-order valence-electron chi connectivity index (χ3n) is 2.77. The van der Waals surface area contributed by atoms with Crippen molar-refractivity contribution in [1.29, 1.82) is 0 Å². The van der Waals surface area contributed by atoms with E-state index >= 15 is 0 Å². The second-order valence-corrected chi connectivity index (χ2v) is 4.20. The molecule has 1 aromatic carbocycles. The van der Waals surface area contributed by atoms with Crippen LogP contribution < -0.4 is 11.1 Å². The molecule has 0 saturated heterocycles. The fourth-order valence-corrected chi connectivity index (χ4v) is 1.78. The number of para-hydroxylation sites is 1. The number of hydrogen-bond acceptors (Lipinski definition) is 4. The average molecular weight is 242 g/mol. The van der Waals surface area contributed by atoms with Gasteiger partial charge >= 0.3 is 0 Å². The van der Waals surface area contributed by atoms with Crippen molar-refractivity contribution < 1.29 is 0 Å². The topological polar surface area (TPSA) is 63.8 Å². The summed E-state index contributed by atoms with van der Waals surface area (Å²) in [7, 11) is 0. The smallest absolute Gasteiger partial charge is 0.130 e. The number of aromatic nitrogens is 2. The summed E-state index contributed by atoms with van der Waals surface area (Å²) < 4.78 is 0. The van der Waals surface area contributed by atoms with Crippen LogP contribution in [-0.2, 0) is 13.0 Å². The molecule has 0 unspecified atom stereocenters. The van der Waals surface area contributed by atoms with Crippen LogP contribution in [0, 0.1) is 6.92 Å². The summed E-state index contributed by atoms with van der Waals surface area (Å²) in [5.41, 5.74) is 8.82. The number of hydrogen-bond donors (Lipinski definition) is 2. The maximum absolute atomic E-state index is 5.90. The fraction of sp³-hybridized carbons (Fsp3) is 0.286. The van der Waals surface area contributed by atoms with Crippen molar-refractivity contribution in [2.24, 2.45) is 0 Å². The second-order valence-electron chi connectivity index (χ2n) is 4.20. The quantitative estimate of drug-likeness (QED) is 0.809. The van der Waals surface area contributed by atoms with Crippen LogP contribution in [0.15, 0.2) is 30.3 Å². The molecule has 94 valence electrons. The summed E-state index contributed by atoms with van der Waals surface area (Å²) in [5, 5.41) is 3.29. The number of benzene rings is 1. The first-order chi connectivity index (χ1) is 8.69. The van der Waals surface area contributed by atoms with E-state index in [1.165, 1.54) is 0 Å². The lowest BCUT2D eigenvalue weighted by molar-refractivity contribution is 0.942. The van der Waals surface area contributed by atoms with Gasteiger partial charge in [0.05, 0.1) is 0 Å². The van der Waals surface area contributed by atoms with Crippen LogP contribution in [0.4, 0.5) is 11.5 Å². The van der Waals surface area contributed by atoms with Crippen LogP contribution in [0.3, 0.4) is 0 Å². The van der Waals surface area contributed by atoms with Gasteiger partial charge in [-0.05, 0) is 25.0 Å². The molecule has 18 heavy (non-hydrogen) atoms. The largest absolute Gasteiger partial charge is 0.398 e. The van der Waals surface area contributed by atoms with Gasteiger partial charge in [0.15, 0.2) is 0 Å². The predicted octanol–water partition coefficient (Wildman–Crippen LogP) is 2.54. The SMILES string of the molecule is CCc1cc(NCc2ccccc2N)nc(C)n1. The lowest BCUT2D eigenvalue weighted by Gasteiger charge is -2.09. The Labute approximate surface area is 107 Å². The fourth-order valence-electron chi connectivity index (χ4n) is 1.78. The zero-order valence-corrected chi connectivity index (χ0v) is 10.8. The third-order valence-corrected chi connectivity index (χ3v) is 2.77. The highest BCUT2D eigenvalue weighted by Gasteiger charge is 2.02. The van der Waals surface area contributed by atoms with Crippen LogP contribution in [0.2, 0.25) is 0 Å². The van der Waals surface area contributed by atoms with Gasteiger partial charge in [-0.25, -0.2) is 9.97 Å². The van der Waals surface area contributed by atoms with E-state index in [4.69, 9.17) is 5.73 Å². The molecule has 2 rings (SSSR count). The van der Waals surface area contributed by atoms with Crippen LogP contribution in [0.5, 0.6) is 0 Å². The Kier molecular flexibility index (Phi) is 3.77. The molecule has 2 aromatic rings. The molecule has 0 spiro atoms. The predicted molar refractivity (Wildman–Crippen MR) is 74.3 cm³/mol. The molecule has 4 heteroatoms. The highest BCUT2D eigenvalue weighted by molar-refractivity contribution is 5.48. The maximum atomic E-state index is 5.90. The van der Waals surface area contributed by atoms with Crippen LogP contribution in [0.1, 0.15) is 24.0 Å². The molecule has 0 bridgehead atoms. The summed E-state index contributed by atoms with van der Waals surface area (Å²) in [4.78, 5) is 8.71. The molecule has 0 aliphatic carbocycles. The van der Waals surface area contributed by atoms with Gasteiger partial charge in [-0.15, -0.1) is 0 Å². The van der Waals surface area contributed by atoms with E-state index in [-0.39, 0.29) is 0 Å². The highest BCUT2D eigenvalue weighted by atomic mass is 15.0. The summed E-state index contributed by atoms with van der Waals surface area (Å²) >= 11 is 0. The standard InChI is InChI=1S/C14H18N4/c1-3-12-8-14(18-10(2)17-12)16-9-11-6-4-5-7-13(11)15/h4-8H,3,9,15H2,1-2H3,(H,16,17,18). The molecular formula is C14H18N4. The number of nitrogens with one attached hydrogen (secondary N) is 1. The zero-order valence-electron chi connectivity index (χ0n) is 10.8. The van der Waals surface area contributed by atoms with Gasteiger partial charge in [0.1, 0.15) is 11.6 Å².